The Hall–Kier alpha value is -3.24. The van der Waals surface area contributed by atoms with Gasteiger partial charge >= 0.3 is 0 Å². The summed E-state index contributed by atoms with van der Waals surface area (Å²) < 4.78 is 17.7. The van der Waals surface area contributed by atoms with Crippen LogP contribution in [0.5, 0.6) is 17.2 Å². The van der Waals surface area contributed by atoms with Gasteiger partial charge in [0.1, 0.15) is 23.9 Å². The van der Waals surface area contributed by atoms with Crippen LogP contribution in [-0.2, 0) is 6.42 Å². The van der Waals surface area contributed by atoms with Gasteiger partial charge in [0.15, 0.2) is 0 Å². The van der Waals surface area contributed by atoms with Gasteiger partial charge < -0.3 is 14.2 Å². The van der Waals surface area contributed by atoms with E-state index < -0.39 is 0 Å². The minimum atomic E-state index is 0.125. The van der Waals surface area contributed by atoms with Crippen molar-refractivity contribution in [2.24, 2.45) is 0 Å². The molecule has 3 aliphatic rings. The summed E-state index contributed by atoms with van der Waals surface area (Å²) in [6.07, 6.45) is 6.08. The smallest absolute Gasteiger partial charge is 0.127 e. The summed E-state index contributed by atoms with van der Waals surface area (Å²) in [6, 6.07) is 21.8. The standard InChI is InChI=1S/C32H35NO3/c1-34-25-20-28-27-15-12-22-8-4-5-9-26(22)31(27)30(32(28)29(21-25)35-2)23-10-13-24(14-11-23)36-19-18-33-16-6-3-7-17-33/h4-5,8-11,13-14,20-21,30H,3,6-7,12,15-19H2,1-2H3. The molecule has 3 aromatic carbocycles. The third kappa shape index (κ3) is 4.18. The molecule has 0 amide bonds. The summed E-state index contributed by atoms with van der Waals surface area (Å²) in [5.41, 5.74) is 9.41. The van der Waals surface area contributed by atoms with E-state index in [1.807, 2.05) is 6.07 Å². The molecule has 1 aliphatic heterocycles. The predicted molar refractivity (Wildman–Crippen MR) is 145 cm³/mol. The molecule has 0 saturated carbocycles. The van der Waals surface area contributed by atoms with Gasteiger partial charge in [0.05, 0.1) is 14.2 Å². The van der Waals surface area contributed by atoms with Gasteiger partial charge in [-0.3, -0.25) is 4.90 Å². The summed E-state index contributed by atoms with van der Waals surface area (Å²) in [5, 5.41) is 0. The summed E-state index contributed by atoms with van der Waals surface area (Å²) in [4.78, 5) is 2.52. The fourth-order valence-electron chi connectivity index (χ4n) is 6.31. The number of nitrogens with zero attached hydrogens (tertiary/aromatic N) is 1. The molecule has 1 saturated heterocycles. The molecule has 3 aromatic rings. The van der Waals surface area contributed by atoms with Crippen LogP contribution >= 0.6 is 0 Å². The second kappa shape index (κ2) is 10.0. The number of ether oxygens (including phenoxy) is 3. The molecule has 1 unspecified atom stereocenters. The van der Waals surface area contributed by atoms with Crippen molar-refractivity contribution < 1.29 is 14.2 Å². The van der Waals surface area contributed by atoms with Gasteiger partial charge in [0.2, 0.25) is 0 Å². The van der Waals surface area contributed by atoms with E-state index in [-0.39, 0.29) is 5.92 Å². The van der Waals surface area contributed by atoms with Crippen LogP contribution in [0.15, 0.2) is 60.7 Å². The van der Waals surface area contributed by atoms with Crippen molar-refractivity contribution in [3.63, 3.8) is 0 Å². The maximum absolute atomic E-state index is 6.14. The first-order chi connectivity index (χ1) is 17.8. The minimum Gasteiger partial charge on any atom is -0.497 e. The Morgan fingerprint density at radius 2 is 1.61 bits per heavy atom. The van der Waals surface area contributed by atoms with Gasteiger partial charge in [0.25, 0.3) is 0 Å². The van der Waals surface area contributed by atoms with Crippen molar-refractivity contribution >= 4 is 11.1 Å². The highest BCUT2D eigenvalue weighted by molar-refractivity contribution is 6.04. The number of piperidine rings is 1. The molecule has 186 valence electrons. The van der Waals surface area contributed by atoms with Crippen LogP contribution in [0.25, 0.3) is 11.1 Å². The number of benzene rings is 3. The molecule has 1 atom stereocenters. The van der Waals surface area contributed by atoms with Crippen molar-refractivity contribution in [3.8, 4) is 17.2 Å². The van der Waals surface area contributed by atoms with Crippen molar-refractivity contribution in [2.45, 2.75) is 38.0 Å². The molecule has 4 heteroatoms. The Morgan fingerprint density at radius 3 is 2.39 bits per heavy atom. The monoisotopic (exact) mass is 481 g/mol. The summed E-state index contributed by atoms with van der Waals surface area (Å²) in [5.74, 6) is 2.80. The van der Waals surface area contributed by atoms with Crippen molar-refractivity contribution in [3.05, 3.63) is 88.5 Å². The van der Waals surface area contributed by atoms with Gasteiger partial charge in [-0.25, -0.2) is 0 Å². The van der Waals surface area contributed by atoms with Crippen LogP contribution in [0.2, 0.25) is 0 Å². The number of methoxy groups -OCH3 is 2. The lowest BCUT2D eigenvalue weighted by molar-refractivity contribution is 0.183. The number of likely N-dealkylation sites (tertiary alicyclic amines) is 1. The van der Waals surface area contributed by atoms with E-state index in [4.69, 9.17) is 14.2 Å². The third-order valence-corrected chi connectivity index (χ3v) is 8.09. The average Bonchev–Trinajstić information content (AvgIpc) is 3.28. The number of fused-ring (bicyclic) bond motifs is 4. The number of hydrogen-bond acceptors (Lipinski definition) is 4. The van der Waals surface area contributed by atoms with Gasteiger partial charge in [0, 0.05) is 24.1 Å². The largest absolute Gasteiger partial charge is 0.497 e. The van der Waals surface area contributed by atoms with E-state index in [1.165, 1.54) is 71.3 Å². The van der Waals surface area contributed by atoms with Crippen LogP contribution in [0.4, 0.5) is 0 Å². The quantitative estimate of drug-likeness (QED) is 0.382. The van der Waals surface area contributed by atoms with Crippen molar-refractivity contribution in [1.82, 2.24) is 4.90 Å². The Bertz CT molecular complexity index is 1270. The van der Waals surface area contributed by atoms with Gasteiger partial charge in [-0.1, -0.05) is 42.8 Å². The third-order valence-electron chi connectivity index (χ3n) is 8.09. The van der Waals surface area contributed by atoms with E-state index in [2.05, 4.69) is 59.5 Å². The fraction of sp³-hybridized carbons (Fsp3) is 0.375. The van der Waals surface area contributed by atoms with Crippen LogP contribution in [0, 0.1) is 0 Å². The zero-order valence-corrected chi connectivity index (χ0v) is 21.4. The first-order valence-corrected chi connectivity index (χ1v) is 13.3. The van der Waals surface area contributed by atoms with Gasteiger partial charge in [-0.05, 0) is 90.4 Å². The number of allylic oxidation sites excluding steroid dienone is 2. The van der Waals surface area contributed by atoms with E-state index in [0.29, 0.717) is 0 Å². The van der Waals surface area contributed by atoms with E-state index in [0.717, 1.165) is 43.2 Å². The van der Waals surface area contributed by atoms with Gasteiger partial charge in [-0.15, -0.1) is 0 Å². The second-order valence-electron chi connectivity index (χ2n) is 10.1. The molecule has 6 rings (SSSR count). The molecule has 1 fully saturated rings. The normalized spacial score (nSPS) is 18.9. The predicted octanol–water partition coefficient (Wildman–Crippen LogP) is 6.57. The SMILES string of the molecule is COc1cc(OC)c2c(c1)C1=C(c3ccccc3CC1)C2c1ccc(OCCN2CCCCC2)cc1. The molecule has 0 aromatic heterocycles. The molecule has 4 nitrogen and oxygen atoms in total. The maximum Gasteiger partial charge on any atom is 0.127 e. The number of aryl methyl sites for hydroxylation is 1. The zero-order chi connectivity index (χ0) is 24.5. The first kappa shape index (κ1) is 23.2. The highest BCUT2D eigenvalue weighted by Crippen LogP contribution is 2.57. The fourth-order valence-corrected chi connectivity index (χ4v) is 6.31. The second-order valence-corrected chi connectivity index (χ2v) is 10.1. The van der Waals surface area contributed by atoms with Crippen LogP contribution < -0.4 is 14.2 Å². The molecule has 0 N–H and O–H groups in total. The Morgan fingerprint density at radius 1 is 0.806 bits per heavy atom. The van der Waals surface area contributed by atoms with Crippen LogP contribution in [-0.4, -0.2) is 45.4 Å². The lowest BCUT2D eigenvalue weighted by atomic mass is 9.79. The van der Waals surface area contributed by atoms with E-state index in [9.17, 15) is 0 Å². The highest BCUT2D eigenvalue weighted by atomic mass is 16.5. The molecule has 2 aliphatic carbocycles. The van der Waals surface area contributed by atoms with Crippen LogP contribution in [0.3, 0.4) is 0 Å². The molecule has 0 spiro atoms. The summed E-state index contributed by atoms with van der Waals surface area (Å²) in [6.45, 7) is 4.15. The number of rotatable bonds is 7. The summed E-state index contributed by atoms with van der Waals surface area (Å²) >= 11 is 0. The summed E-state index contributed by atoms with van der Waals surface area (Å²) in [7, 11) is 3.49. The Kier molecular flexibility index (Phi) is 6.45. The molecular weight excluding hydrogens is 446 g/mol. The van der Waals surface area contributed by atoms with E-state index in [1.54, 1.807) is 14.2 Å². The van der Waals surface area contributed by atoms with E-state index >= 15 is 0 Å². The molecule has 1 heterocycles. The topological polar surface area (TPSA) is 30.9 Å². The van der Waals surface area contributed by atoms with Gasteiger partial charge in [-0.2, -0.15) is 0 Å². The molecule has 36 heavy (non-hydrogen) atoms. The number of hydrogen-bond donors (Lipinski definition) is 0. The molecule has 0 radical (unpaired) electrons. The highest BCUT2D eigenvalue weighted by Gasteiger charge is 2.38. The average molecular weight is 482 g/mol. The molecular formula is C32H35NO3. The molecule has 0 bridgehead atoms. The Labute approximate surface area is 214 Å². The lowest BCUT2D eigenvalue weighted by Crippen LogP contribution is -2.33. The van der Waals surface area contributed by atoms with Crippen LogP contribution in [0.1, 0.15) is 59.4 Å². The Balaban J connectivity index is 1.34. The van der Waals surface area contributed by atoms with Crippen molar-refractivity contribution in [2.75, 3.05) is 40.5 Å². The lowest BCUT2D eigenvalue weighted by Gasteiger charge is -2.26. The minimum absolute atomic E-state index is 0.125. The zero-order valence-electron chi connectivity index (χ0n) is 21.4. The first-order valence-electron chi connectivity index (χ1n) is 13.3. The maximum atomic E-state index is 6.14. The van der Waals surface area contributed by atoms with Crippen molar-refractivity contribution in [1.29, 1.82) is 0 Å².